The van der Waals surface area contributed by atoms with E-state index in [1.807, 2.05) is 51.1 Å². The average Bonchev–Trinajstić information content (AvgIpc) is 2.91. The van der Waals surface area contributed by atoms with Gasteiger partial charge in [0.2, 0.25) is 5.88 Å². The molecule has 0 spiro atoms. The smallest absolute Gasteiger partial charge is 0.344 e. The molecule has 0 fully saturated rings. The van der Waals surface area contributed by atoms with Crippen LogP contribution in [-0.2, 0) is 0 Å². The van der Waals surface area contributed by atoms with Gasteiger partial charge in [-0.25, -0.2) is 4.79 Å². The van der Waals surface area contributed by atoms with Crippen LogP contribution in [-0.4, -0.2) is 21.3 Å². The molecule has 0 saturated carbocycles. The molecule has 7 heteroatoms. The van der Waals surface area contributed by atoms with Gasteiger partial charge in [0, 0.05) is 12.6 Å². The van der Waals surface area contributed by atoms with Crippen molar-refractivity contribution in [3.05, 3.63) is 92.7 Å². The Balaban J connectivity index is 2.07. The quantitative estimate of drug-likeness (QED) is 0.356. The molecule has 0 bridgehead atoms. The molecule has 1 atom stereocenters. The van der Waals surface area contributed by atoms with Crippen LogP contribution in [0.3, 0.4) is 0 Å². The Bertz CT molecular complexity index is 1540. The van der Waals surface area contributed by atoms with Gasteiger partial charge in [-0.3, -0.25) is 0 Å². The molecule has 1 aromatic heterocycles. The number of methoxy groups -OCH3 is 2. The predicted octanol–water partition coefficient (Wildman–Crippen LogP) is 5.66. The molecule has 2 heterocycles. The third-order valence-electron chi connectivity index (χ3n) is 6.47. The zero-order chi connectivity index (χ0) is 26.0. The summed E-state index contributed by atoms with van der Waals surface area (Å²) in [5, 5.41) is 13.7. The van der Waals surface area contributed by atoms with Crippen LogP contribution in [0.5, 0.6) is 17.2 Å². The lowest BCUT2D eigenvalue weighted by Crippen LogP contribution is -2.28. The van der Waals surface area contributed by atoms with Gasteiger partial charge in [-0.1, -0.05) is 18.2 Å². The van der Waals surface area contributed by atoms with E-state index in [2.05, 4.69) is 11.4 Å². The second-order valence-corrected chi connectivity index (χ2v) is 8.27. The van der Waals surface area contributed by atoms with Gasteiger partial charge in [0.1, 0.15) is 28.7 Å². The van der Waals surface area contributed by atoms with Crippen molar-refractivity contribution in [1.29, 1.82) is 5.26 Å². The summed E-state index contributed by atoms with van der Waals surface area (Å²) < 4.78 is 22.8. The number of nitriles is 1. The minimum absolute atomic E-state index is 0.257. The Morgan fingerprint density at radius 3 is 2.50 bits per heavy atom. The van der Waals surface area contributed by atoms with Crippen molar-refractivity contribution in [2.45, 2.75) is 26.7 Å². The van der Waals surface area contributed by atoms with Crippen molar-refractivity contribution in [3.63, 3.8) is 0 Å². The van der Waals surface area contributed by atoms with E-state index in [1.54, 1.807) is 39.5 Å². The third-order valence-corrected chi connectivity index (χ3v) is 6.47. The molecule has 2 aromatic carbocycles. The van der Waals surface area contributed by atoms with Crippen LogP contribution >= 0.6 is 0 Å². The lowest BCUT2D eigenvalue weighted by atomic mass is 9.82. The molecule has 0 amide bonds. The van der Waals surface area contributed by atoms with Crippen molar-refractivity contribution < 1.29 is 18.6 Å². The molecule has 0 radical (unpaired) electrons. The summed E-state index contributed by atoms with van der Waals surface area (Å²) in [5.41, 5.74) is 4.00. The number of rotatable bonds is 6. The highest BCUT2D eigenvalue weighted by molar-refractivity contribution is 5.87. The number of hydrogen-bond donors (Lipinski definition) is 1. The Labute approximate surface area is 209 Å². The number of allylic oxidation sites excluding steroid dienone is 5. The Morgan fingerprint density at radius 1 is 1.11 bits per heavy atom. The first-order valence-electron chi connectivity index (χ1n) is 11.5. The maximum Gasteiger partial charge on any atom is 0.344 e. The van der Waals surface area contributed by atoms with E-state index in [0.29, 0.717) is 28.2 Å². The van der Waals surface area contributed by atoms with Crippen LogP contribution in [0, 0.1) is 11.3 Å². The summed E-state index contributed by atoms with van der Waals surface area (Å²) in [4.78, 5) is 13.3. The van der Waals surface area contributed by atoms with Crippen LogP contribution in [0.15, 0.2) is 74.8 Å². The summed E-state index contributed by atoms with van der Waals surface area (Å²) in [6.07, 6.45) is 4.04. The van der Waals surface area contributed by atoms with Gasteiger partial charge in [0.15, 0.2) is 5.75 Å². The first-order valence-corrected chi connectivity index (χ1v) is 11.5. The predicted molar refractivity (Wildman–Crippen MR) is 139 cm³/mol. The van der Waals surface area contributed by atoms with Crippen molar-refractivity contribution in [3.8, 4) is 23.3 Å². The number of fused-ring (bicyclic) bond motifs is 3. The zero-order valence-corrected chi connectivity index (χ0v) is 21.2. The monoisotopic (exact) mass is 484 g/mol. The summed E-state index contributed by atoms with van der Waals surface area (Å²) in [6.45, 7) is 5.97. The van der Waals surface area contributed by atoms with Crippen molar-refractivity contribution in [2.24, 2.45) is 0 Å². The van der Waals surface area contributed by atoms with Gasteiger partial charge in [-0.2, -0.15) is 5.26 Å². The van der Waals surface area contributed by atoms with E-state index in [-0.39, 0.29) is 17.0 Å². The van der Waals surface area contributed by atoms with E-state index in [9.17, 15) is 10.1 Å². The molecule has 3 aromatic rings. The van der Waals surface area contributed by atoms with Gasteiger partial charge in [-0.15, -0.1) is 0 Å². The molecule has 1 aliphatic rings. The summed E-state index contributed by atoms with van der Waals surface area (Å²) in [7, 11) is 4.86. The molecule has 7 nitrogen and oxygen atoms in total. The number of ether oxygens (including phenoxy) is 3. The average molecular weight is 485 g/mol. The SMILES string of the molecule is C/C=C(C)\C(=C/C)c1cc(C2C(C#N)=C(NC)Oc3c2c(=O)oc2ccc(OC)cc32)ccc1OC. The second kappa shape index (κ2) is 10.0. The first-order chi connectivity index (χ1) is 17.4. The van der Waals surface area contributed by atoms with Crippen molar-refractivity contribution in [1.82, 2.24) is 5.32 Å². The number of hydrogen-bond acceptors (Lipinski definition) is 7. The van der Waals surface area contributed by atoms with Crippen molar-refractivity contribution >= 4 is 16.5 Å². The highest BCUT2D eigenvalue weighted by atomic mass is 16.5. The normalized spacial score (nSPS) is 15.8. The summed E-state index contributed by atoms with van der Waals surface area (Å²) >= 11 is 0. The molecule has 1 N–H and O–H groups in total. The molecule has 0 saturated heterocycles. The standard InChI is InChI=1S/C29H28N2O5/c1-7-16(3)19(8-2)20-13-17(9-11-23(20)34-6)25-22(15-30)28(31-4)36-27-21-14-18(33-5)10-12-24(21)35-29(32)26(25)27/h7-14,25,31H,1-6H3/b16-7-,19-8+. The van der Waals surface area contributed by atoms with Crippen LogP contribution in [0.25, 0.3) is 16.5 Å². The zero-order valence-electron chi connectivity index (χ0n) is 21.2. The molecule has 4 rings (SSSR count). The van der Waals surface area contributed by atoms with E-state index < -0.39 is 11.5 Å². The van der Waals surface area contributed by atoms with E-state index in [1.165, 1.54) is 0 Å². The molecule has 0 aliphatic carbocycles. The van der Waals surface area contributed by atoms with E-state index in [0.717, 1.165) is 22.3 Å². The van der Waals surface area contributed by atoms with Gasteiger partial charge in [-0.05, 0) is 67.8 Å². The van der Waals surface area contributed by atoms with Crippen LogP contribution in [0.1, 0.15) is 43.4 Å². The van der Waals surface area contributed by atoms with E-state index >= 15 is 0 Å². The van der Waals surface area contributed by atoms with Gasteiger partial charge in [0.25, 0.3) is 0 Å². The highest BCUT2D eigenvalue weighted by Gasteiger charge is 2.36. The third kappa shape index (κ3) is 4.01. The van der Waals surface area contributed by atoms with Crippen LogP contribution in [0.4, 0.5) is 0 Å². The van der Waals surface area contributed by atoms with E-state index in [4.69, 9.17) is 18.6 Å². The van der Waals surface area contributed by atoms with Crippen molar-refractivity contribution in [2.75, 3.05) is 21.3 Å². The minimum atomic E-state index is -0.721. The van der Waals surface area contributed by atoms with Gasteiger partial charge in [0.05, 0.1) is 31.1 Å². The fourth-order valence-electron chi connectivity index (χ4n) is 4.59. The lowest BCUT2D eigenvalue weighted by molar-refractivity contribution is 0.363. The van der Waals surface area contributed by atoms with Gasteiger partial charge < -0.3 is 23.9 Å². The number of nitrogens with zero attached hydrogens (tertiary/aromatic N) is 1. The Kier molecular flexibility index (Phi) is 6.89. The highest BCUT2D eigenvalue weighted by Crippen LogP contribution is 2.46. The largest absolute Gasteiger partial charge is 0.497 e. The lowest BCUT2D eigenvalue weighted by Gasteiger charge is -2.28. The molecule has 184 valence electrons. The maximum absolute atomic E-state index is 13.3. The Morgan fingerprint density at radius 2 is 1.89 bits per heavy atom. The minimum Gasteiger partial charge on any atom is -0.497 e. The summed E-state index contributed by atoms with van der Waals surface area (Å²) in [5.74, 6) is 1.17. The molecule has 36 heavy (non-hydrogen) atoms. The fraction of sp³-hybridized carbons (Fsp3) is 0.241. The Hall–Kier alpha value is -4.44. The topological polar surface area (TPSA) is 93.7 Å². The second-order valence-electron chi connectivity index (χ2n) is 8.27. The molecule has 1 aliphatic heterocycles. The number of nitrogens with one attached hydrogen (secondary N) is 1. The molecular weight excluding hydrogens is 456 g/mol. The molecule has 1 unspecified atom stereocenters. The first kappa shape index (κ1) is 24.7. The fourth-order valence-corrected chi connectivity index (χ4v) is 4.59. The number of benzene rings is 2. The van der Waals surface area contributed by atoms with Crippen LogP contribution < -0.4 is 25.2 Å². The van der Waals surface area contributed by atoms with Gasteiger partial charge >= 0.3 is 5.63 Å². The maximum atomic E-state index is 13.3. The summed E-state index contributed by atoms with van der Waals surface area (Å²) in [6, 6.07) is 13.1. The van der Waals surface area contributed by atoms with Crippen LogP contribution in [0.2, 0.25) is 0 Å². The molecular formula is C29H28N2O5.